The van der Waals surface area contributed by atoms with Crippen LogP contribution in [-0.2, 0) is 9.53 Å². The lowest BCUT2D eigenvalue weighted by Gasteiger charge is -2.02. The molecule has 0 rings (SSSR count). The largest absolute Gasteiger partial charge is 0.502 e. The number of hydrogen-bond acceptors (Lipinski definition) is 2. The first kappa shape index (κ1) is 23.0. The van der Waals surface area contributed by atoms with Crippen molar-refractivity contribution in [3.05, 3.63) is 38.2 Å². The van der Waals surface area contributed by atoms with Gasteiger partial charge in [0.05, 0.1) is 12.9 Å². The Morgan fingerprint density at radius 2 is 1.36 bits per heavy atom. The molecule has 0 unspecified atom stereocenters. The van der Waals surface area contributed by atoms with Gasteiger partial charge in [0.15, 0.2) is 5.78 Å². The lowest BCUT2D eigenvalue weighted by molar-refractivity contribution is -0.113. The average molecular weight is 309 g/mol. The maximum Gasteiger partial charge on any atom is 0.158 e. The van der Waals surface area contributed by atoms with Gasteiger partial charge in [-0.05, 0) is 12.5 Å². The zero-order valence-corrected chi connectivity index (χ0v) is 14.7. The highest BCUT2D eigenvalue weighted by atomic mass is 16.5. The third-order valence-electron chi connectivity index (χ3n) is 3.31. The third kappa shape index (κ3) is 23.8. The lowest BCUT2D eigenvalue weighted by atomic mass is 10.1. The van der Waals surface area contributed by atoms with Crippen LogP contribution in [-0.4, -0.2) is 12.4 Å². The molecular weight excluding hydrogens is 272 g/mol. The van der Waals surface area contributed by atoms with E-state index in [0.717, 1.165) is 6.61 Å². The summed E-state index contributed by atoms with van der Waals surface area (Å²) < 4.78 is 5.07. The van der Waals surface area contributed by atoms with E-state index in [2.05, 4.69) is 26.7 Å². The Bertz CT molecular complexity index is 269. The Labute approximate surface area is 138 Å². The SMILES string of the molecule is C=CCC(=O)C=C.C=COCCCCCCCCCCCC. The molecule has 0 radical (unpaired) electrons. The van der Waals surface area contributed by atoms with Crippen molar-refractivity contribution < 1.29 is 9.53 Å². The van der Waals surface area contributed by atoms with E-state index in [9.17, 15) is 4.79 Å². The number of unbranched alkanes of at least 4 members (excludes halogenated alkanes) is 9. The highest BCUT2D eigenvalue weighted by Gasteiger charge is 1.92. The first-order valence-electron chi connectivity index (χ1n) is 8.71. The second-order valence-electron chi connectivity index (χ2n) is 5.38. The predicted molar refractivity (Wildman–Crippen MR) is 98.0 cm³/mol. The Kier molecular flexibility index (Phi) is 22.9. The molecule has 0 aromatic heterocycles. The molecule has 0 aliphatic rings. The molecule has 0 aliphatic carbocycles. The molecule has 2 heteroatoms. The Morgan fingerprint density at radius 3 is 1.73 bits per heavy atom. The molecule has 0 heterocycles. The molecule has 0 bridgehead atoms. The fourth-order valence-electron chi connectivity index (χ4n) is 1.98. The molecule has 0 saturated heterocycles. The van der Waals surface area contributed by atoms with Crippen molar-refractivity contribution in [2.45, 2.75) is 77.6 Å². The smallest absolute Gasteiger partial charge is 0.158 e. The molecule has 128 valence electrons. The van der Waals surface area contributed by atoms with E-state index in [1.165, 1.54) is 76.5 Å². The van der Waals surface area contributed by atoms with Crippen LogP contribution in [0.2, 0.25) is 0 Å². The van der Waals surface area contributed by atoms with E-state index in [-0.39, 0.29) is 5.78 Å². The maximum absolute atomic E-state index is 10.2. The summed E-state index contributed by atoms with van der Waals surface area (Å²) in [5, 5.41) is 0. The van der Waals surface area contributed by atoms with Crippen LogP contribution in [0.1, 0.15) is 77.6 Å². The van der Waals surface area contributed by atoms with E-state index in [1.807, 2.05) is 0 Å². The predicted octanol–water partition coefficient (Wildman–Crippen LogP) is 6.39. The summed E-state index contributed by atoms with van der Waals surface area (Å²) >= 11 is 0. The number of carbonyl (C=O) groups is 1. The summed E-state index contributed by atoms with van der Waals surface area (Å²) in [5.74, 6) is 0.0231. The molecule has 0 aliphatic heterocycles. The number of carbonyl (C=O) groups excluding carboxylic acids is 1. The van der Waals surface area contributed by atoms with Gasteiger partial charge in [0.25, 0.3) is 0 Å². The molecule has 0 fully saturated rings. The highest BCUT2D eigenvalue weighted by molar-refractivity contribution is 5.90. The van der Waals surface area contributed by atoms with Gasteiger partial charge >= 0.3 is 0 Å². The minimum atomic E-state index is 0.0231. The highest BCUT2D eigenvalue weighted by Crippen LogP contribution is 2.10. The second kappa shape index (κ2) is 22.0. The Morgan fingerprint density at radius 1 is 0.864 bits per heavy atom. The van der Waals surface area contributed by atoms with Crippen molar-refractivity contribution in [3.63, 3.8) is 0 Å². The van der Waals surface area contributed by atoms with E-state index in [1.54, 1.807) is 6.08 Å². The van der Waals surface area contributed by atoms with Crippen LogP contribution in [0, 0.1) is 0 Å². The minimum absolute atomic E-state index is 0.0231. The van der Waals surface area contributed by atoms with Gasteiger partial charge in [0.2, 0.25) is 0 Å². The number of allylic oxidation sites excluding steroid dienone is 2. The molecule has 0 N–H and O–H groups in total. The fraction of sp³-hybridized carbons (Fsp3) is 0.650. The van der Waals surface area contributed by atoms with Crippen LogP contribution in [0.5, 0.6) is 0 Å². The average Bonchev–Trinajstić information content (AvgIpc) is 2.53. The summed E-state index contributed by atoms with van der Waals surface area (Å²) in [4.78, 5) is 10.2. The quantitative estimate of drug-likeness (QED) is 0.152. The Hall–Kier alpha value is -1.31. The first-order valence-corrected chi connectivity index (χ1v) is 8.71. The van der Waals surface area contributed by atoms with Crippen molar-refractivity contribution in [2.24, 2.45) is 0 Å². The van der Waals surface area contributed by atoms with Gasteiger partial charge in [0.1, 0.15) is 0 Å². The molecular formula is C20H36O2. The number of ether oxygens (including phenoxy) is 1. The summed E-state index contributed by atoms with van der Waals surface area (Å²) in [6.45, 7) is 13.3. The van der Waals surface area contributed by atoms with Crippen molar-refractivity contribution >= 4 is 5.78 Å². The van der Waals surface area contributed by atoms with Crippen molar-refractivity contribution in [1.82, 2.24) is 0 Å². The summed E-state index contributed by atoms with van der Waals surface area (Å²) in [5.41, 5.74) is 0. The standard InChI is InChI=1S/C14H28O.C6H8O/c1-3-5-6-7-8-9-10-11-12-13-14-15-4-2;1-3-5-6(7)4-2/h4H,2-3,5-14H2,1H3;3-4H,1-2,5H2. The van der Waals surface area contributed by atoms with Crippen LogP contribution in [0.25, 0.3) is 0 Å². The lowest BCUT2D eigenvalue weighted by Crippen LogP contribution is -1.87. The third-order valence-corrected chi connectivity index (χ3v) is 3.31. The topological polar surface area (TPSA) is 26.3 Å². The molecule has 0 amide bonds. The van der Waals surface area contributed by atoms with Crippen LogP contribution in [0.4, 0.5) is 0 Å². The van der Waals surface area contributed by atoms with Crippen molar-refractivity contribution in [2.75, 3.05) is 6.61 Å². The normalized spacial score (nSPS) is 9.32. The molecule has 0 atom stereocenters. The van der Waals surface area contributed by atoms with Crippen LogP contribution >= 0.6 is 0 Å². The monoisotopic (exact) mass is 308 g/mol. The van der Waals surface area contributed by atoms with E-state index < -0.39 is 0 Å². The van der Waals surface area contributed by atoms with Gasteiger partial charge in [0, 0.05) is 6.42 Å². The number of hydrogen-bond donors (Lipinski definition) is 0. The van der Waals surface area contributed by atoms with E-state index in [4.69, 9.17) is 4.74 Å². The van der Waals surface area contributed by atoms with Gasteiger partial charge in [-0.2, -0.15) is 0 Å². The van der Waals surface area contributed by atoms with E-state index >= 15 is 0 Å². The first-order chi connectivity index (χ1) is 10.7. The fourth-order valence-corrected chi connectivity index (χ4v) is 1.98. The molecule has 0 saturated carbocycles. The number of ketones is 1. The van der Waals surface area contributed by atoms with Crippen LogP contribution in [0.15, 0.2) is 38.2 Å². The Balaban J connectivity index is 0. The summed E-state index contributed by atoms with van der Waals surface area (Å²) in [6, 6.07) is 0. The van der Waals surface area contributed by atoms with Crippen molar-refractivity contribution in [3.8, 4) is 0 Å². The molecule has 0 spiro atoms. The second-order valence-corrected chi connectivity index (χ2v) is 5.38. The zero-order chi connectivity index (χ0) is 16.9. The molecule has 0 aromatic rings. The minimum Gasteiger partial charge on any atom is -0.502 e. The van der Waals surface area contributed by atoms with Gasteiger partial charge in [-0.3, -0.25) is 4.79 Å². The summed E-state index contributed by atoms with van der Waals surface area (Å²) in [6.07, 6.45) is 18.6. The van der Waals surface area contributed by atoms with E-state index in [0.29, 0.717) is 6.42 Å². The van der Waals surface area contributed by atoms with Gasteiger partial charge in [-0.25, -0.2) is 0 Å². The van der Waals surface area contributed by atoms with Gasteiger partial charge in [-0.15, -0.1) is 6.58 Å². The molecule has 2 nitrogen and oxygen atoms in total. The summed E-state index contributed by atoms with van der Waals surface area (Å²) in [7, 11) is 0. The van der Waals surface area contributed by atoms with Gasteiger partial charge in [-0.1, -0.05) is 83.9 Å². The zero-order valence-electron chi connectivity index (χ0n) is 14.7. The number of rotatable bonds is 15. The molecule has 0 aromatic carbocycles. The van der Waals surface area contributed by atoms with Gasteiger partial charge < -0.3 is 4.74 Å². The van der Waals surface area contributed by atoms with Crippen molar-refractivity contribution in [1.29, 1.82) is 0 Å². The van der Waals surface area contributed by atoms with Crippen LogP contribution < -0.4 is 0 Å². The maximum atomic E-state index is 10.2. The van der Waals surface area contributed by atoms with Crippen LogP contribution in [0.3, 0.4) is 0 Å². The molecule has 22 heavy (non-hydrogen) atoms.